The molecule has 9 radical (unpaired) electrons. The van der Waals surface area contributed by atoms with Gasteiger partial charge in [0.1, 0.15) is 0 Å². The van der Waals surface area contributed by atoms with Crippen molar-refractivity contribution in [2.45, 2.75) is 0 Å². The molecule has 28 heavy (non-hydrogen) atoms. The van der Waals surface area contributed by atoms with E-state index in [0.717, 1.165) is 0 Å². The van der Waals surface area contributed by atoms with Gasteiger partial charge in [0.2, 0.25) is 0 Å². The fraction of sp³-hybridized carbons (Fsp3) is 0. The van der Waals surface area contributed by atoms with Crippen LogP contribution in [0.4, 0.5) is 0 Å². The minimum atomic E-state index is -0.446. The molecule has 0 bridgehead atoms. The van der Waals surface area contributed by atoms with Crippen molar-refractivity contribution in [2.24, 2.45) is 0 Å². The average molecular weight is 429 g/mol. The van der Waals surface area contributed by atoms with Crippen molar-refractivity contribution in [3.63, 3.8) is 0 Å². The Morgan fingerprint density at radius 1 is 0.393 bits per heavy atom. The molecule has 0 saturated heterocycles. The maximum atomic E-state index is 7.50. The average Bonchev–Trinajstić information content (AvgIpc) is 2.82. The van der Waals surface area contributed by atoms with Crippen LogP contribution in [0.25, 0.3) is 0 Å². The van der Waals surface area contributed by atoms with Crippen LogP contribution in [0.2, 0.25) is 0 Å². The van der Waals surface area contributed by atoms with Gasteiger partial charge in [0.05, 0.1) is 0 Å². The number of benzene rings is 3. The molecule has 0 unspecified atom stereocenters. The summed E-state index contributed by atoms with van der Waals surface area (Å²) in [5.41, 5.74) is 0. The van der Waals surface area contributed by atoms with Gasteiger partial charge in [0, 0.05) is 17.1 Å². The zero-order chi connectivity index (χ0) is 20.9. The third-order valence-electron chi connectivity index (χ3n) is 3.04. The van der Waals surface area contributed by atoms with E-state index in [4.69, 9.17) is 19.2 Å². The standard InChI is InChI=1S/C18H15P.4CO.Mn/c1-4-10-16(11-5-1)19(17-12-6-2-7-13-17)18-14-8-3-9-15-18;4*1-2;/h1-15H;;;;;. The van der Waals surface area contributed by atoms with Crippen LogP contribution in [0.15, 0.2) is 91.0 Å². The third kappa shape index (κ3) is 10.4. The molecule has 0 N–H and O–H groups in total. The molecule has 4 nitrogen and oxygen atoms in total. The summed E-state index contributed by atoms with van der Waals surface area (Å²) in [6.45, 7) is 18.0. The number of rotatable bonds is 3. The zero-order valence-corrected chi connectivity index (χ0v) is 16.7. The Morgan fingerprint density at radius 2 is 0.571 bits per heavy atom. The zero-order valence-electron chi connectivity index (χ0n) is 14.6. The first kappa shape index (κ1) is 30.0. The van der Waals surface area contributed by atoms with Crippen LogP contribution >= 0.6 is 7.92 Å². The molecule has 0 aromatic heterocycles. The van der Waals surface area contributed by atoms with Gasteiger partial charge < -0.3 is 0 Å². The number of carbonyl (C=O) groups excluding carboxylic acids is 4. The summed E-state index contributed by atoms with van der Waals surface area (Å²) in [5, 5.41) is 4.19. The van der Waals surface area contributed by atoms with E-state index in [0.29, 0.717) is 0 Å². The smallest absolute Gasteiger partial charge is 0.281 e. The van der Waals surface area contributed by atoms with Crippen molar-refractivity contribution in [3.8, 4) is 0 Å². The van der Waals surface area contributed by atoms with Crippen LogP contribution in [0, 0.1) is 0 Å². The van der Waals surface area contributed by atoms with Crippen LogP contribution in [0.3, 0.4) is 0 Å². The van der Waals surface area contributed by atoms with E-state index in [1.54, 1.807) is 0 Å². The minimum absolute atomic E-state index is 0. The maximum Gasteiger partial charge on any atom is 0.281 e. The summed E-state index contributed by atoms with van der Waals surface area (Å²) >= 11 is 0. The van der Waals surface area contributed by atoms with Crippen LogP contribution in [-0.4, -0.2) is 27.2 Å². The van der Waals surface area contributed by atoms with Crippen molar-refractivity contribution in [1.29, 1.82) is 0 Å². The van der Waals surface area contributed by atoms with E-state index >= 15 is 0 Å². The Hall–Kier alpha value is -2.71. The second kappa shape index (κ2) is 22.3. The minimum Gasteiger partial charge on any atom is -0.281 e. The molecule has 0 saturated carbocycles. The SMILES string of the molecule is [C]=O.[C]=O.[C]=O.[C]=O.[Mn].c1ccc(P(c2ccccc2)c2ccccc2)cc1. The second-order valence-corrected chi connectivity index (χ2v) is 6.56. The summed E-state index contributed by atoms with van der Waals surface area (Å²) in [6, 6.07) is 32.3. The van der Waals surface area contributed by atoms with E-state index in [1.807, 2.05) is 0 Å². The van der Waals surface area contributed by atoms with Crippen molar-refractivity contribution < 1.29 is 36.2 Å². The predicted molar refractivity (Wildman–Crippen MR) is 108 cm³/mol. The molecule has 0 heterocycles. The molecule has 0 amide bonds. The number of hydrogen-bond acceptors (Lipinski definition) is 4. The maximum absolute atomic E-state index is 7.50. The molecular formula is C22H15MnO4P. The normalized spacial score (nSPS) is 7.75. The summed E-state index contributed by atoms with van der Waals surface area (Å²) in [6.07, 6.45) is 0. The quantitative estimate of drug-likeness (QED) is 0.471. The molecule has 139 valence electrons. The van der Waals surface area contributed by atoms with Gasteiger partial charge in [-0.25, -0.2) is 0 Å². The molecule has 0 aliphatic heterocycles. The van der Waals surface area contributed by atoms with Crippen molar-refractivity contribution in [3.05, 3.63) is 91.0 Å². The molecule has 0 aliphatic rings. The van der Waals surface area contributed by atoms with Crippen LogP contribution in [-0.2, 0) is 36.2 Å². The van der Waals surface area contributed by atoms with Crippen LogP contribution in [0.5, 0.6) is 0 Å². The molecule has 0 atom stereocenters. The second-order valence-electron chi connectivity index (χ2n) is 4.34. The monoisotopic (exact) mass is 429 g/mol. The van der Waals surface area contributed by atoms with Gasteiger partial charge in [-0.05, 0) is 23.8 Å². The third-order valence-corrected chi connectivity index (χ3v) is 5.49. The molecule has 3 aromatic carbocycles. The van der Waals surface area contributed by atoms with Crippen LogP contribution in [0.1, 0.15) is 0 Å². The van der Waals surface area contributed by atoms with E-state index in [9.17, 15) is 0 Å². The topological polar surface area (TPSA) is 68.3 Å². The van der Waals surface area contributed by atoms with E-state index in [2.05, 4.69) is 118 Å². The van der Waals surface area contributed by atoms with Crippen molar-refractivity contribution in [1.82, 2.24) is 0 Å². The first-order chi connectivity index (χ1) is 13.4. The molecule has 0 spiro atoms. The number of hydrogen-bond donors (Lipinski definition) is 0. The first-order valence-electron chi connectivity index (χ1n) is 7.22. The molecular weight excluding hydrogens is 414 g/mol. The Bertz CT molecular complexity index is 598. The van der Waals surface area contributed by atoms with E-state index in [-0.39, 0.29) is 17.1 Å². The summed E-state index contributed by atoms with van der Waals surface area (Å²) in [5.74, 6) is 0. The fourth-order valence-corrected chi connectivity index (χ4v) is 4.48. The van der Waals surface area contributed by atoms with Gasteiger partial charge in [-0.2, -0.15) is 0 Å². The summed E-state index contributed by atoms with van der Waals surface area (Å²) in [4.78, 5) is 30.0. The van der Waals surface area contributed by atoms with Crippen molar-refractivity contribution >= 4 is 51.0 Å². The largest absolute Gasteiger partial charge is 0.281 e. The van der Waals surface area contributed by atoms with Gasteiger partial charge in [0.15, 0.2) is 0 Å². The van der Waals surface area contributed by atoms with E-state index in [1.165, 1.54) is 15.9 Å². The van der Waals surface area contributed by atoms with Crippen molar-refractivity contribution in [2.75, 3.05) is 0 Å². The van der Waals surface area contributed by atoms with Gasteiger partial charge in [-0.15, -0.1) is 0 Å². The molecule has 3 rings (SSSR count). The van der Waals surface area contributed by atoms with Gasteiger partial charge in [-0.3, -0.25) is 19.2 Å². The summed E-state index contributed by atoms with van der Waals surface area (Å²) in [7, 11) is -0.446. The van der Waals surface area contributed by atoms with Gasteiger partial charge >= 0.3 is 0 Å². The molecule has 6 heteroatoms. The molecule has 0 aliphatic carbocycles. The Morgan fingerprint density at radius 3 is 0.750 bits per heavy atom. The van der Waals surface area contributed by atoms with Gasteiger partial charge in [0.25, 0.3) is 27.2 Å². The first-order valence-corrected chi connectivity index (χ1v) is 8.56. The van der Waals surface area contributed by atoms with E-state index < -0.39 is 7.92 Å². The summed E-state index contributed by atoms with van der Waals surface area (Å²) < 4.78 is 0. The van der Waals surface area contributed by atoms with Gasteiger partial charge in [-0.1, -0.05) is 91.0 Å². The molecule has 3 aromatic rings. The Balaban J connectivity index is -0.000000622. The predicted octanol–water partition coefficient (Wildman–Crippen LogP) is 1.85. The Labute approximate surface area is 178 Å². The van der Waals surface area contributed by atoms with Crippen LogP contribution < -0.4 is 15.9 Å². The Kier molecular flexibility index (Phi) is 24.0. The fourth-order valence-electron chi connectivity index (χ4n) is 2.18. The molecule has 0 fully saturated rings.